The molecule has 4 rings (SSSR count). The summed E-state index contributed by atoms with van der Waals surface area (Å²) in [6, 6.07) is 2.36. The average Bonchev–Trinajstić information content (AvgIpc) is 3.19. The third-order valence-electron chi connectivity index (χ3n) is 5.02. The lowest BCUT2D eigenvalue weighted by Crippen LogP contribution is -2.14. The van der Waals surface area contributed by atoms with Crippen LogP contribution in [0.2, 0.25) is 0 Å². The van der Waals surface area contributed by atoms with E-state index in [2.05, 4.69) is 40.8 Å². The fraction of sp³-hybridized carbons (Fsp3) is 0.389. The van der Waals surface area contributed by atoms with Crippen LogP contribution in [0, 0.1) is 23.2 Å². The van der Waals surface area contributed by atoms with Crippen molar-refractivity contribution in [1.82, 2.24) is 9.55 Å². The lowest BCUT2D eigenvalue weighted by atomic mass is 9.94. The minimum atomic E-state index is -0.286. The Hall–Kier alpha value is -2.06. The number of aliphatic imine (C=N–C) groups is 1. The quantitative estimate of drug-likeness (QED) is 0.634. The molecule has 0 radical (unpaired) electrons. The Morgan fingerprint density at radius 2 is 2.30 bits per heavy atom. The Balaban J connectivity index is 1.67. The van der Waals surface area contributed by atoms with E-state index in [0.29, 0.717) is 11.8 Å². The first-order chi connectivity index (χ1) is 11.1. The van der Waals surface area contributed by atoms with Crippen LogP contribution in [0.5, 0.6) is 0 Å². The molecule has 0 spiro atoms. The summed E-state index contributed by atoms with van der Waals surface area (Å²) >= 11 is 4.61. The molecular weight excluding hydrogens is 304 g/mol. The number of rotatable bonds is 1. The number of nitriles is 1. The van der Waals surface area contributed by atoms with Crippen LogP contribution in [0.1, 0.15) is 26.2 Å². The highest BCUT2D eigenvalue weighted by molar-refractivity contribution is 7.82. The molecule has 3 aliphatic rings. The number of imidazole rings is 1. The summed E-state index contributed by atoms with van der Waals surface area (Å²) in [5, 5.41) is 9.55. The summed E-state index contributed by atoms with van der Waals surface area (Å²) in [4.78, 5) is 8.74. The fourth-order valence-electron chi connectivity index (χ4n) is 3.89. The smallest absolute Gasteiger partial charge is 0.124 e. The third kappa shape index (κ3) is 2.47. The van der Waals surface area contributed by atoms with E-state index in [0.717, 1.165) is 25.0 Å². The average molecular weight is 322 g/mol. The van der Waals surface area contributed by atoms with E-state index < -0.39 is 0 Å². The maximum atomic E-state index is 9.55. The van der Waals surface area contributed by atoms with E-state index >= 15 is 0 Å². The highest BCUT2D eigenvalue weighted by Gasteiger charge is 2.41. The second-order valence-corrected chi connectivity index (χ2v) is 7.70. The molecular formula is C18H18N4S. The highest BCUT2D eigenvalue weighted by Crippen LogP contribution is 2.52. The number of hydrogen-bond acceptors (Lipinski definition) is 4. The van der Waals surface area contributed by atoms with Crippen LogP contribution in [0.15, 0.2) is 52.7 Å². The molecule has 3 atom stereocenters. The van der Waals surface area contributed by atoms with Crippen molar-refractivity contribution in [1.29, 1.82) is 5.26 Å². The van der Waals surface area contributed by atoms with E-state index in [1.807, 2.05) is 23.9 Å². The molecule has 1 aliphatic heterocycles. The van der Waals surface area contributed by atoms with Gasteiger partial charge in [-0.15, -0.1) is 0 Å². The number of nitrogens with zero attached hydrogens (tertiary/aromatic N) is 4. The van der Waals surface area contributed by atoms with Gasteiger partial charge in [0.05, 0.1) is 11.1 Å². The van der Waals surface area contributed by atoms with Gasteiger partial charge in [0.2, 0.25) is 0 Å². The van der Waals surface area contributed by atoms with E-state index in [1.54, 1.807) is 12.5 Å². The van der Waals surface area contributed by atoms with Crippen molar-refractivity contribution in [3.8, 4) is 6.07 Å². The first-order valence-electron chi connectivity index (χ1n) is 7.88. The minimum Gasteiger partial charge on any atom is -0.297 e. The number of thiol groups is 1. The predicted octanol–water partition coefficient (Wildman–Crippen LogP) is 3.63. The number of fused-ring (bicyclic) bond motifs is 2. The Kier molecular flexibility index (Phi) is 3.31. The summed E-state index contributed by atoms with van der Waals surface area (Å²) in [7, 11) is 0. The number of hydrogen-bond donors (Lipinski definition) is 1. The zero-order valence-electron chi connectivity index (χ0n) is 13.0. The molecule has 116 valence electrons. The molecule has 0 bridgehead atoms. The van der Waals surface area contributed by atoms with Gasteiger partial charge in [0.1, 0.15) is 11.8 Å². The predicted molar refractivity (Wildman–Crippen MR) is 93.9 cm³/mol. The number of allylic oxidation sites excluding steroid dienone is 5. The Bertz CT molecular complexity index is 803. The molecule has 1 aromatic rings. The normalized spacial score (nSPS) is 34.1. The Morgan fingerprint density at radius 3 is 3.04 bits per heavy atom. The lowest BCUT2D eigenvalue weighted by molar-refractivity contribution is 0.483. The standard InChI is InChI=1S/C18H18N4S/c1-18(23)3-2-14-15-7-13(6-12(15)8-16(14)21-10-18)17(9-19)22-5-4-20-11-22/h2-5,10-12,15,23H,6-8H2,1H3/b17-13+. The van der Waals surface area contributed by atoms with Crippen molar-refractivity contribution in [2.75, 3.05) is 0 Å². The van der Waals surface area contributed by atoms with Crippen molar-refractivity contribution in [2.45, 2.75) is 30.9 Å². The van der Waals surface area contributed by atoms with Gasteiger partial charge in [-0.2, -0.15) is 17.9 Å². The van der Waals surface area contributed by atoms with Crippen LogP contribution < -0.4 is 0 Å². The molecule has 1 saturated carbocycles. The Labute approximate surface area is 141 Å². The van der Waals surface area contributed by atoms with Crippen molar-refractivity contribution in [3.63, 3.8) is 0 Å². The van der Waals surface area contributed by atoms with Gasteiger partial charge in [-0.1, -0.05) is 12.2 Å². The van der Waals surface area contributed by atoms with Gasteiger partial charge >= 0.3 is 0 Å². The summed E-state index contributed by atoms with van der Waals surface area (Å²) in [5.41, 5.74) is 4.51. The highest BCUT2D eigenvalue weighted by atomic mass is 32.1. The van der Waals surface area contributed by atoms with Crippen LogP contribution in [-0.2, 0) is 0 Å². The van der Waals surface area contributed by atoms with Gasteiger partial charge in [-0.3, -0.25) is 9.56 Å². The van der Waals surface area contributed by atoms with E-state index in [4.69, 9.17) is 0 Å². The molecule has 4 nitrogen and oxygen atoms in total. The summed E-state index contributed by atoms with van der Waals surface area (Å²) in [6.07, 6.45) is 14.4. The van der Waals surface area contributed by atoms with Crippen molar-refractivity contribution >= 4 is 24.5 Å². The van der Waals surface area contributed by atoms with E-state index in [-0.39, 0.29) is 4.75 Å². The minimum absolute atomic E-state index is 0.286. The van der Waals surface area contributed by atoms with Gasteiger partial charge < -0.3 is 0 Å². The van der Waals surface area contributed by atoms with Crippen LogP contribution in [0.4, 0.5) is 0 Å². The van der Waals surface area contributed by atoms with Gasteiger partial charge in [-0.05, 0) is 49.2 Å². The van der Waals surface area contributed by atoms with E-state index in [9.17, 15) is 5.26 Å². The zero-order chi connectivity index (χ0) is 16.0. The van der Waals surface area contributed by atoms with Crippen molar-refractivity contribution in [2.24, 2.45) is 16.8 Å². The van der Waals surface area contributed by atoms with Crippen LogP contribution in [0.3, 0.4) is 0 Å². The van der Waals surface area contributed by atoms with Crippen LogP contribution >= 0.6 is 12.6 Å². The van der Waals surface area contributed by atoms with Gasteiger partial charge in [0, 0.05) is 24.3 Å². The summed E-state index contributed by atoms with van der Waals surface area (Å²) in [6.45, 7) is 2.04. The maximum Gasteiger partial charge on any atom is 0.124 e. The van der Waals surface area contributed by atoms with Crippen molar-refractivity contribution in [3.05, 3.63) is 47.7 Å². The fourth-order valence-corrected chi connectivity index (χ4v) is 4.03. The number of aromatic nitrogens is 2. The molecule has 0 saturated heterocycles. The molecule has 5 heteroatoms. The first-order valence-corrected chi connectivity index (χ1v) is 8.32. The largest absolute Gasteiger partial charge is 0.297 e. The monoisotopic (exact) mass is 322 g/mol. The molecule has 3 unspecified atom stereocenters. The molecule has 1 aromatic heterocycles. The molecule has 2 aliphatic carbocycles. The van der Waals surface area contributed by atoms with Crippen LogP contribution in [0.25, 0.3) is 5.70 Å². The second-order valence-electron chi connectivity index (χ2n) is 6.73. The zero-order valence-corrected chi connectivity index (χ0v) is 13.9. The third-order valence-corrected chi connectivity index (χ3v) is 5.28. The Morgan fingerprint density at radius 1 is 1.43 bits per heavy atom. The summed E-state index contributed by atoms with van der Waals surface area (Å²) < 4.78 is 1.54. The van der Waals surface area contributed by atoms with Gasteiger partial charge in [0.25, 0.3) is 0 Å². The maximum absolute atomic E-state index is 9.55. The molecule has 0 amide bonds. The molecule has 1 fully saturated rings. The summed E-state index contributed by atoms with van der Waals surface area (Å²) in [5.74, 6) is 1.04. The van der Waals surface area contributed by atoms with Gasteiger partial charge in [0.15, 0.2) is 0 Å². The lowest BCUT2D eigenvalue weighted by Gasteiger charge is -2.13. The molecule has 2 heterocycles. The molecule has 23 heavy (non-hydrogen) atoms. The first kappa shape index (κ1) is 14.5. The van der Waals surface area contributed by atoms with E-state index in [1.165, 1.54) is 16.8 Å². The molecule has 0 aromatic carbocycles. The van der Waals surface area contributed by atoms with Gasteiger partial charge in [-0.25, -0.2) is 4.98 Å². The second kappa shape index (κ2) is 5.24. The van der Waals surface area contributed by atoms with Crippen molar-refractivity contribution < 1.29 is 0 Å². The SMILES string of the molecule is CC1(S)C=CC2=C(CC3C/C(=C(/C#N)n4ccnc4)CC23)N=C1. The van der Waals surface area contributed by atoms with Crippen LogP contribution in [-0.4, -0.2) is 20.5 Å². The topological polar surface area (TPSA) is 54.0 Å². The molecule has 0 N–H and O–H groups in total.